The predicted octanol–water partition coefficient (Wildman–Crippen LogP) is 0.412. The number of ether oxygens (including phenoxy) is 1. The smallest absolute Gasteiger partial charge is 0.223 e. The third-order valence-corrected chi connectivity index (χ3v) is 6.01. The molecule has 1 aromatic rings. The van der Waals surface area contributed by atoms with E-state index in [1.165, 1.54) is 0 Å². The fraction of sp³-hybridized carbons (Fsp3) is 0.684. The van der Waals surface area contributed by atoms with Crippen LogP contribution in [-0.4, -0.2) is 65.7 Å². The topological polar surface area (TPSA) is 94.9 Å². The van der Waals surface area contributed by atoms with Crippen LogP contribution in [0.15, 0.2) is 18.3 Å². The van der Waals surface area contributed by atoms with Gasteiger partial charge in [0.2, 0.25) is 5.91 Å². The lowest BCUT2D eigenvalue weighted by atomic mass is 9.84. The molecule has 0 bridgehead atoms. The SMILES string of the molecule is O=C(N[C@H]1[C@H](O)[C@H](O)C[C@@H]1c1ccc(N2CCOCC2)nc1)C1CCC1. The monoisotopic (exact) mass is 361 g/mol. The van der Waals surface area contributed by atoms with Crippen LogP contribution in [0.2, 0.25) is 0 Å². The summed E-state index contributed by atoms with van der Waals surface area (Å²) in [6.07, 6.45) is 3.38. The second-order valence-electron chi connectivity index (χ2n) is 7.61. The van der Waals surface area contributed by atoms with Crippen molar-refractivity contribution in [3.8, 4) is 0 Å². The van der Waals surface area contributed by atoms with Gasteiger partial charge in [0.1, 0.15) is 11.9 Å². The van der Waals surface area contributed by atoms with Crippen LogP contribution in [0.4, 0.5) is 5.82 Å². The molecule has 3 N–H and O–H groups in total. The molecule has 4 rings (SSSR count). The van der Waals surface area contributed by atoms with E-state index in [-0.39, 0.29) is 17.7 Å². The second-order valence-corrected chi connectivity index (χ2v) is 7.61. The Balaban J connectivity index is 1.47. The Morgan fingerprint density at radius 1 is 1.23 bits per heavy atom. The summed E-state index contributed by atoms with van der Waals surface area (Å²) in [6.45, 7) is 3.07. The summed E-state index contributed by atoms with van der Waals surface area (Å²) < 4.78 is 5.37. The summed E-state index contributed by atoms with van der Waals surface area (Å²) in [5.74, 6) is 0.834. The number of carbonyl (C=O) groups excluding carboxylic acids is 1. The molecule has 7 heteroatoms. The number of hydrogen-bond acceptors (Lipinski definition) is 6. The number of hydrogen-bond donors (Lipinski definition) is 3. The van der Waals surface area contributed by atoms with Gasteiger partial charge in [-0.1, -0.05) is 12.5 Å². The van der Waals surface area contributed by atoms with Gasteiger partial charge in [0, 0.05) is 31.1 Å². The van der Waals surface area contributed by atoms with Crippen LogP contribution in [0.25, 0.3) is 0 Å². The van der Waals surface area contributed by atoms with E-state index in [0.717, 1.165) is 43.7 Å². The first-order valence-electron chi connectivity index (χ1n) is 9.58. The molecule has 0 unspecified atom stereocenters. The molecule has 7 nitrogen and oxygen atoms in total. The van der Waals surface area contributed by atoms with Crippen LogP contribution < -0.4 is 10.2 Å². The van der Waals surface area contributed by atoms with Crippen molar-refractivity contribution in [1.82, 2.24) is 10.3 Å². The molecule has 2 saturated carbocycles. The van der Waals surface area contributed by atoms with Crippen molar-refractivity contribution in [3.05, 3.63) is 23.9 Å². The van der Waals surface area contributed by atoms with Gasteiger partial charge in [-0.05, 0) is 30.9 Å². The molecule has 1 amide bonds. The van der Waals surface area contributed by atoms with E-state index in [2.05, 4.69) is 15.2 Å². The van der Waals surface area contributed by atoms with Gasteiger partial charge in [-0.3, -0.25) is 4.79 Å². The molecule has 26 heavy (non-hydrogen) atoms. The summed E-state index contributed by atoms with van der Waals surface area (Å²) >= 11 is 0. The molecule has 142 valence electrons. The first kappa shape index (κ1) is 17.7. The number of nitrogens with zero attached hydrogens (tertiary/aromatic N) is 2. The lowest BCUT2D eigenvalue weighted by Gasteiger charge is -2.30. The Hall–Kier alpha value is -1.70. The third kappa shape index (κ3) is 3.43. The van der Waals surface area contributed by atoms with Gasteiger partial charge in [-0.15, -0.1) is 0 Å². The number of nitrogens with one attached hydrogen (secondary N) is 1. The predicted molar refractivity (Wildman–Crippen MR) is 95.9 cm³/mol. The summed E-state index contributed by atoms with van der Waals surface area (Å²) in [5, 5.41) is 23.5. The lowest BCUT2D eigenvalue weighted by molar-refractivity contribution is -0.129. The summed E-state index contributed by atoms with van der Waals surface area (Å²) in [6, 6.07) is 3.51. The number of amides is 1. The average Bonchev–Trinajstić information content (AvgIpc) is 2.89. The van der Waals surface area contributed by atoms with Crippen molar-refractivity contribution < 1.29 is 19.7 Å². The van der Waals surface area contributed by atoms with E-state index >= 15 is 0 Å². The van der Waals surface area contributed by atoms with Crippen LogP contribution in [0, 0.1) is 5.92 Å². The molecule has 1 aromatic heterocycles. The van der Waals surface area contributed by atoms with Gasteiger partial charge in [0.05, 0.1) is 25.4 Å². The standard InChI is InChI=1S/C19H27N3O4/c23-15-10-14(17(18(15)24)21-19(25)12-2-1-3-12)13-4-5-16(20-11-13)22-6-8-26-9-7-22/h4-5,11-12,14-15,17-18,23-24H,1-3,6-10H2,(H,21,25)/t14-,15-,17-,18-/m1/s1. The maximum atomic E-state index is 12.3. The highest BCUT2D eigenvalue weighted by Gasteiger charge is 2.44. The van der Waals surface area contributed by atoms with Crippen LogP contribution in [0.5, 0.6) is 0 Å². The molecule has 0 radical (unpaired) electrons. The zero-order valence-corrected chi connectivity index (χ0v) is 14.9. The van der Waals surface area contributed by atoms with E-state index in [1.54, 1.807) is 0 Å². The van der Waals surface area contributed by atoms with Gasteiger partial charge < -0.3 is 25.2 Å². The molecular formula is C19H27N3O4. The van der Waals surface area contributed by atoms with Crippen LogP contribution in [-0.2, 0) is 9.53 Å². The van der Waals surface area contributed by atoms with E-state index in [0.29, 0.717) is 19.6 Å². The Morgan fingerprint density at radius 3 is 2.62 bits per heavy atom. The molecule has 3 aliphatic rings. The molecule has 3 fully saturated rings. The Kier molecular flexibility index (Phi) is 5.11. The van der Waals surface area contributed by atoms with Crippen molar-refractivity contribution in [2.24, 2.45) is 5.92 Å². The summed E-state index contributed by atoms with van der Waals surface area (Å²) in [7, 11) is 0. The maximum absolute atomic E-state index is 12.3. The van der Waals surface area contributed by atoms with Gasteiger partial charge in [-0.2, -0.15) is 0 Å². The summed E-state index contributed by atoms with van der Waals surface area (Å²) in [4.78, 5) is 19.1. The Labute approximate surface area is 153 Å². The molecule has 0 spiro atoms. The number of morpholine rings is 1. The molecule has 4 atom stereocenters. The van der Waals surface area contributed by atoms with Crippen molar-refractivity contribution in [3.63, 3.8) is 0 Å². The third-order valence-electron chi connectivity index (χ3n) is 6.01. The minimum atomic E-state index is -0.942. The summed E-state index contributed by atoms with van der Waals surface area (Å²) in [5.41, 5.74) is 0.941. The minimum absolute atomic E-state index is 0.00250. The van der Waals surface area contributed by atoms with Gasteiger partial charge in [0.25, 0.3) is 0 Å². The number of aliphatic hydroxyl groups is 2. The molecule has 2 heterocycles. The first-order chi connectivity index (χ1) is 12.6. The quantitative estimate of drug-likeness (QED) is 0.719. The first-order valence-corrected chi connectivity index (χ1v) is 9.58. The zero-order valence-electron chi connectivity index (χ0n) is 14.9. The van der Waals surface area contributed by atoms with Crippen molar-refractivity contribution in [1.29, 1.82) is 0 Å². The number of anilines is 1. The van der Waals surface area contributed by atoms with E-state index < -0.39 is 18.2 Å². The van der Waals surface area contributed by atoms with E-state index in [9.17, 15) is 15.0 Å². The van der Waals surface area contributed by atoms with Crippen molar-refractivity contribution in [2.45, 2.75) is 49.9 Å². The lowest BCUT2D eigenvalue weighted by Crippen LogP contribution is -2.48. The van der Waals surface area contributed by atoms with Crippen molar-refractivity contribution in [2.75, 3.05) is 31.2 Å². The number of aromatic nitrogens is 1. The highest BCUT2D eigenvalue weighted by atomic mass is 16.5. The molecule has 0 aromatic carbocycles. The van der Waals surface area contributed by atoms with Gasteiger partial charge >= 0.3 is 0 Å². The van der Waals surface area contributed by atoms with Gasteiger partial charge in [0.15, 0.2) is 0 Å². The van der Waals surface area contributed by atoms with Crippen LogP contribution in [0.1, 0.15) is 37.2 Å². The number of pyridine rings is 1. The molecule has 1 aliphatic heterocycles. The van der Waals surface area contributed by atoms with Crippen LogP contribution >= 0.6 is 0 Å². The van der Waals surface area contributed by atoms with E-state index in [4.69, 9.17) is 4.74 Å². The fourth-order valence-electron chi connectivity index (χ4n) is 4.10. The minimum Gasteiger partial charge on any atom is -0.390 e. The number of rotatable bonds is 4. The number of carbonyl (C=O) groups is 1. The fourth-order valence-corrected chi connectivity index (χ4v) is 4.10. The highest BCUT2D eigenvalue weighted by Crippen LogP contribution is 2.36. The maximum Gasteiger partial charge on any atom is 0.223 e. The van der Waals surface area contributed by atoms with Crippen molar-refractivity contribution >= 4 is 11.7 Å². The molecule has 1 saturated heterocycles. The molecular weight excluding hydrogens is 334 g/mol. The van der Waals surface area contributed by atoms with E-state index in [1.807, 2.05) is 18.3 Å². The number of aliphatic hydroxyl groups excluding tert-OH is 2. The molecule has 2 aliphatic carbocycles. The Bertz CT molecular complexity index is 628. The second kappa shape index (κ2) is 7.50. The zero-order chi connectivity index (χ0) is 18.1. The largest absolute Gasteiger partial charge is 0.390 e. The highest BCUT2D eigenvalue weighted by molar-refractivity contribution is 5.80. The Morgan fingerprint density at radius 2 is 2.00 bits per heavy atom. The average molecular weight is 361 g/mol. The normalized spacial score (nSPS) is 32.3. The van der Waals surface area contributed by atoms with Gasteiger partial charge in [-0.25, -0.2) is 4.98 Å². The van der Waals surface area contributed by atoms with Crippen LogP contribution in [0.3, 0.4) is 0 Å².